The van der Waals surface area contributed by atoms with Crippen LogP contribution in [0, 0.1) is 0 Å². The summed E-state index contributed by atoms with van der Waals surface area (Å²) >= 11 is 1.42. The molecule has 0 aliphatic carbocycles. The molecule has 0 radical (unpaired) electrons. The predicted molar refractivity (Wildman–Crippen MR) is 124 cm³/mol. The van der Waals surface area contributed by atoms with E-state index in [4.69, 9.17) is 4.74 Å². The smallest absolute Gasteiger partial charge is 0.255 e. The molecule has 2 amide bonds. The van der Waals surface area contributed by atoms with Crippen molar-refractivity contribution >= 4 is 35.0 Å². The second kappa shape index (κ2) is 10.7. The zero-order chi connectivity index (χ0) is 22.2. The molecule has 31 heavy (non-hydrogen) atoms. The third-order valence-corrected chi connectivity index (χ3v) is 5.68. The Kier molecular flexibility index (Phi) is 7.72. The summed E-state index contributed by atoms with van der Waals surface area (Å²) in [5.74, 6) is 0.210. The first-order chi connectivity index (χ1) is 15.0. The molecule has 0 aliphatic heterocycles. The van der Waals surface area contributed by atoms with Gasteiger partial charge in [-0.25, -0.2) is 4.98 Å². The Bertz CT molecular complexity index is 1030. The maximum atomic E-state index is 12.6. The molecular weight excluding hydrogens is 412 g/mol. The van der Waals surface area contributed by atoms with Crippen LogP contribution >= 0.6 is 11.8 Å². The number of para-hydroxylation sites is 2. The van der Waals surface area contributed by atoms with Gasteiger partial charge in [-0.05, 0) is 49.7 Å². The summed E-state index contributed by atoms with van der Waals surface area (Å²) < 4.78 is 7.30. The lowest BCUT2D eigenvalue weighted by Crippen LogP contribution is -2.23. The molecule has 7 nitrogen and oxygen atoms in total. The summed E-state index contributed by atoms with van der Waals surface area (Å²) in [7, 11) is 1.55. The number of imidazole rings is 1. The van der Waals surface area contributed by atoms with E-state index in [0.29, 0.717) is 22.7 Å². The molecule has 1 unspecified atom stereocenters. The number of carbonyl (C=O) groups excluding carboxylic acids is 2. The number of aryl methyl sites for hydroxylation is 1. The lowest BCUT2D eigenvalue weighted by atomic mass is 10.2. The van der Waals surface area contributed by atoms with E-state index >= 15 is 0 Å². The normalized spacial score (nSPS) is 11.6. The number of thioether (sulfide) groups is 1. The molecule has 8 heteroatoms. The lowest BCUT2D eigenvalue weighted by Gasteiger charge is -2.13. The molecule has 0 fully saturated rings. The van der Waals surface area contributed by atoms with Crippen molar-refractivity contribution in [2.24, 2.45) is 0 Å². The van der Waals surface area contributed by atoms with Crippen molar-refractivity contribution in [3.63, 3.8) is 0 Å². The summed E-state index contributed by atoms with van der Waals surface area (Å²) in [6.45, 7) is 4.82. The highest BCUT2D eigenvalue weighted by molar-refractivity contribution is 8.00. The number of amides is 2. The van der Waals surface area contributed by atoms with Crippen LogP contribution in [0.1, 0.15) is 30.6 Å². The van der Waals surface area contributed by atoms with Crippen molar-refractivity contribution in [3.8, 4) is 5.75 Å². The molecule has 0 bridgehead atoms. The molecule has 1 heterocycles. The number of aromatic nitrogens is 2. The number of benzene rings is 2. The van der Waals surface area contributed by atoms with Crippen LogP contribution in [0.3, 0.4) is 0 Å². The molecule has 1 aromatic heterocycles. The Labute approximate surface area is 186 Å². The molecule has 162 valence electrons. The van der Waals surface area contributed by atoms with E-state index in [1.54, 1.807) is 49.7 Å². The van der Waals surface area contributed by atoms with Gasteiger partial charge in [-0.1, -0.05) is 30.8 Å². The number of hydrogen-bond donors (Lipinski definition) is 2. The number of carbonyl (C=O) groups is 2. The highest BCUT2D eigenvalue weighted by Gasteiger charge is 2.18. The van der Waals surface area contributed by atoms with E-state index in [-0.39, 0.29) is 17.1 Å². The number of hydrogen-bond acceptors (Lipinski definition) is 5. The topological polar surface area (TPSA) is 85.2 Å². The van der Waals surface area contributed by atoms with Gasteiger partial charge in [0, 0.05) is 30.2 Å². The van der Waals surface area contributed by atoms with E-state index < -0.39 is 0 Å². The standard InChI is InChI=1S/C23H26N4O3S/c1-4-14-27-15-13-24-23(27)31-16(2)21(28)25-18-11-9-17(10-12-18)22(29)26-19-7-5-6-8-20(19)30-3/h5-13,15-16H,4,14H2,1-3H3,(H,25,28)(H,26,29). The van der Waals surface area contributed by atoms with Crippen molar-refractivity contribution in [2.45, 2.75) is 37.2 Å². The largest absolute Gasteiger partial charge is 0.495 e. The number of nitrogens with zero attached hydrogens (tertiary/aromatic N) is 2. The summed E-state index contributed by atoms with van der Waals surface area (Å²) in [5.41, 5.74) is 1.70. The van der Waals surface area contributed by atoms with Gasteiger partial charge in [0.1, 0.15) is 5.75 Å². The molecule has 3 aromatic rings. The Morgan fingerprint density at radius 1 is 1.13 bits per heavy atom. The van der Waals surface area contributed by atoms with Gasteiger partial charge in [0.2, 0.25) is 5.91 Å². The Morgan fingerprint density at radius 2 is 1.87 bits per heavy atom. The highest BCUT2D eigenvalue weighted by atomic mass is 32.2. The van der Waals surface area contributed by atoms with Crippen LogP contribution in [0.5, 0.6) is 5.75 Å². The molecule has 0 saturated heterocycles. The number of nitrogens with one attached hydrogen (secondary N) is 2. The number of ether oxygens (including phenoxy) is 1. The predicted octanol–water partition coefficient (Wildman–Crippen LogP) is 4.67. The van der Waals surface area contributed by atoms with E-state index in [2.05, 4.69) is 22.5 Å². The quantitative estimate of drug-likeness (QED) is 0.474. The SMILES string of the molecule is CCCn1ccnc1SC(C)C(=O)Nc1ccc(C(=O)Nc2ccccc2OC)cc1. The summed E-state index contributed by atoms with van der Waals surface area (Å²) in [4.78, 5) is 29.4. The third kappa shape index (κ3) is 5.88. The molecule has 2 N–H and O–H groups in total. The van der Waals surface area contributed by atoms with Crippen molar-refractivity contribution in [2.75, 3.05) is 17.7 Å². The van der Waals surface area contributed by atoms with E-state index in [1.165, 1.54) is 11.8 Å². The molecule has 0 spiro atoms. The van der Waals surface area contributed by atoms with E-state index in [9.17, 15) is 9.59 Å². The van der Waals surface area contributed by atoms with Gasteiger partial charge in [0.05, 0.1) is 18.0 Å². The fraction of sp³-hybridized carbons (Fsp3) is 0.261. The van der Waals surface area contributed by atoms with Gasteiger partial charge in [-0.3, -0.25) is 9.59 Å². The van der Waals surface area contributed by atoms with Crippen LogP contribution in [-0.4, -0.2) is 33.7 Å². The van der Waals surface area contributed by atoms with Gasteiger partial charge >= 0.3 is 0 Å². The van der Waals surface area contributed by atoms with Crippen LogP contribution in [-0.2, 0) is 11.3 Å². The number of methoxy groups -OCH3 is 1. The first-order valence-electron chi connectivity index (χ1n) is 10.0. The Balaban J connectivity index is 1.58. The van der Waals surface area contributed by atoms with Gasteiger partial charge in [0.25, 0.3) is 5.91 Å². The van der Waals surface area contributed by atoms with Crippen molar-refractivity contribution in [3.05, 3.63) is 66.5 Å². The zero-order valence-corrected chi connectivity index (χ0v) is 18.6. The van der Waals surface area contributed by atoms with Crippen LogP contribution in [0.25, 0.3) is 0 Å². The van der Waals surface area contributed by atoms with E-state index in [1.807, 2.05) is 29.8 Å². The third-order valence-electron chi connectivity index (χ3n) is 4.56. The number of rotatable bonds is 9. The minimum absolute atomic E-state index is 0.123. The fourth-order valence-corrected chi connectivity index (χ4v) is 3.82. The van der Waals surface area contributed by atoms with E-state index in [0.717, 1.165) is 18.1 Å². The highest BCUT2D eigenvalue weighted by Crippen LogP contribution is 2.25. The summed E-state index contributed by atoms with van der Waals surface area (Å²) in [5, 5.41) is 6.24. The average molecular weight is 439 g/mol. The minimum atomic E-state index is -0.313. The first-order valence-corrected chi connectivity index (χ1v) is 10.9. The Hall–Kier alpha value is -3.26. The fourth-order valence-electron chi connectivity index (χ4n) is 2.93. The van der Waals surface area contributed by atoms with Gasteiger partial charge in [0.15, 0.2) is 5.16 Å². The van der Waals surface area contributed by atoms with Gasteiger partial charge in [-0.15, -0.1) is 0 Å². The summed E-state index contributed by atoms with van der Waals surface area (Å²) in [6.07, 6.45) is 4.67. The lowest BCUT2D eigenvalue weighted by molar-refractivity contribution is -0.115. The second-order valence-corrected chi connectivity index (χ2v) is 8.19. The number of anilines is 2. The second-order valence-electron chi connectivity index (χ2n) is 6.88. The maximum Gasteiger partial charge on any atom is 0.255 e. The van der Waals surface area contributed by atoms with Crippen molar-refractivity contribution in [1.29, 1.82) is 0 Å². The molecule has 0 aliphatic rings. The van der Waals surface area contributed by atoms with Gasteiger partial charge in [-0.2, -0.15) is 0 Å². The van der Waals surface area contributed by atoms with Crippen LogP contribution in [0.4, 0.5) is 11.4 Å². The monoisotopic (exact) mass is 438 g/mol. The summed E-state index contributed by atoms with van der Waals surface area (Å²) in [6, 6.07) is 14.0. The Morgan fingerprint density at radius 3 is 2.58 bits per heavy atom. The molecular formula is C23H26N4O3S. The zero-order valence-electron chi connectivity index (χ0n) is 17.8. The maximum absolute atomic E-state index is 12.6. The van der Waals surface area contributed by atoms with Crippen molar-refractivity contribution < 1.29 is 14.3 Å². The van der Waals surface area contributed by atoms with Crippen molar-refractivity contribution in [1.82, 2.24) is 9.55 Å². The molecule has 1 atom stereocenters. The molecule has 0 saturated carbocycles. The van der Waals surface area contributed by atoms with Crippen LogP contribution in [0.2, 0.25) is 0 Å². The van der Waals surface area contributed by atoms with Crippen LogP contribution in [0.15, 0.2) is 66.1 Å². The molecule has 2 aromatic carbocycles. The molecule has 3 rings (SSSR count). The first kappa shape index (κ1) is 22.4. The minimum Gasteiger partial charge on any atom is -0.495 e. The van der Waals surface area contributed by atoms with Gasteiger partial charge < -0.3 is 19.9 Å². The average Bonchev–Trinajstić information content (AvgIpc) is 3.21. The van der Waals surface area contributed by atoms with Crippen LogP contribution < -0.4 is 15.4 Å².